The molecule has 0 bridgehead atoms. The smallest absolute Gasteiger partial charge is 0.277 e. The summed E-state index contributed by atoms with van der Waals surface area (Å²) in [5.41, 5.74) is 4.21. The zero-order valence-electron chi connectivity index (χ0n) is 15.7. The standard InChI is InChI=1S/C21H20ClN5O/c1-13-17(22)9-6-10-18(13)23-12-19-25-21-24-14(2)16(20(28)27(21)26-19)11-15-7-4-3-5-8-15/h3-10,23H,11-12H2,1-2H3,(H,24,25,26). The van der Waals surface area contributed by atoms with Crippen LogP contribution in [0.4, 0.5) is 5.69 Å². The van der Waals surface area contributed by atoms with Crippen LogP contribution in [-0.4, -0.2) is 19.6 Å². The summed E-state index contributed by atoms with van der Waals surface area (Å²) in [5.74, 6) is 0.999. The third-order valence-corrected chi connectivity index (χ3v) is 5.19. The highest BCUT2D eigenvalue weighted by molar-refractivity contribution is 6.31. The van der Waals surface area contributed by atoms with Crippen molar-refractivity contribution in [3.8, 4) is 0 Å². The number of hydrogen-bond donors (Lipinski definition) is 2. The molecule has 7 heteroatoms. The van der Waals surface area contributed by atoms with Crippen LogP contribution in [0.2, 0.25) is 5.02 Å². The molecule has 142 valence electrons. The van der Waals surface area contributed by atoms with Gasteiger partial charge in [0.1, 0.15) is 5.82 Å². The fourth-order valence-electron chi connectivity index (χ4n) is 3.16. The normalized spacial score (nSPS) is 11.1. The third-order valence-electron chi connectivity index (χ3n) is 4.78. The van der Waals surface area contributed by atoms with Crippen molar-refractivity contribution >= 4 is 23.1 Å². The quantitative estimate of drug-likeness (QED) is 0.539. The number of H-pyrrole nitrogens is 1. The molecule has 4 rings (SSSR count). The summed E-state index contributed by atoms with van der Waals surface area (Å²) < 4.78 is 1.41. The molecule has 0 atom stereocenters. The Morgan fingerprint density at radius 1 is 1.07 bits per heavy atom. The summed E-state index contributed by atoms with van der Waals surface area (Å²) in [6.07, 6.45) is 0.537. The van der Waals surface area contributed by atoms with Gasteiger partial charge in [-0.1, -0.05) is 48.0 Å². The molecule has 0 aliphatic carbocycles. The van der Waals surface area contributed by atoms with Gasteiger partial charge in [0.25, 0.3) is 11.3 Å². The fraction of sp³-hybridized carbons (Fsp3) is 0.190. The van der Waals surface area contributed by atoms with Crippen LogP contribution in [0, 0.1) is 13.8 Å². The van der Waals surface area contributed by atoms with E-state index in [1.54, 1.807) is 0 Å². The number of anilines is 1. The number of aromatic nitrogens is 4. The van der Waals surface area contributed by atoms with E-state index in [1.165, 1.54) is 4.52 Å². The Bertz CT molecular complexity index is 1200. The van der Waals surface area contributed by atoms with Gasteiger partial charge >= 0.3 is 0 Å². The highest BCUT2D eigenvalue weighted by Gasteiger charge is 2.14. The van der Waals surface area contributed by atoms with Gasteiger partial charge in [0.05, 0.1) is 12.2 Å². The van der Waals surface area contributed by atoms with Crippen molar-refractivity contribution < 1.29 is 0 Å². The van der Waals surface area contributed by atoms with E-state index in [2.05, 4.69) is 20.4 Å². The minimum atomic E-state index is -0.121. The predicted octanol–water partition coefficient (Wildman–Crippen LogP) is 3.89. The van der Waals surface area contributed by atoms with E-state index in [-0.39, 0.29) is 5.56 Å². The Balaban J connectivity index is 1.63. The summed E-state index contributed by atoms with van der Waals surface area (Å²) in [7, 11) is 0. The van der Waals surface area contributed by atoms with Gasteiger partial charge in [0.15, 0.2) is 0 Å². The predicted molar refractivity (Wildman–Crippen MR) is 111 cm³/mol. The van der Waals surface area contributed by atoms with Gasteiger partial charge in [-0.2, -0.15) is 9.50 Å². The molecule has 0 amide bonds. The van der Waals surface area contributed by atoms with E-state index in [1.807, 2.05) is 62.4 Å². The lowest BCUT2D eigenvalue weighted by Gasteiger charge is -2.08. The van der Waals surface area contributed by atoms with Gasteiger partial charge in [-0.25, -0.2) is 4.98 Å². The largest absolute Gasteiger partial charge is 0.378 e. The van der Waals surface area contributed by atoms with E-state index in [0.717, 1.165) is 16.8 Å². The van der Waals surface area contributed by atoms with Crippen molar-refractivity contribution in [3.05, 3.63) is 92.1 Å². The average molecular weight is 394 g/mol. The Morgan fingerprint density at radius 2 is 1.86 bits per heavy atom. The number of nitrogens with zero attached hydrogens (tertiary/aromatic N) is 3. The summed E-state index contributed by atoms with van der Waals surface area (Å²) in [5, 5.41) is 7.06. The second-order valence-electron chi connectivity index (χ2n) is 6.71. The molecule has 0 spiro atoms. The maximum atomic E-state index is 13.0. The van der Waals surface area contributed by atoms with Gasteiger partial charge in [-0.15, -0.1) is 0 Å². The highest BCUT2D eigenvalue weighted by Crippen LogP contribution is 2.23. The maximum Gasteiger partial charge on any atom is 0.277 e. The topological polar surface area (TPSA) is 75.1 Å². The molecular formula is C21H20ClN5O. The van der Waals surface area contributed by atoms with Gasteiger partial charge in [0.2, 0.25) is 0 Å². The second kappa shape index (κ2) is 7.48. The van der Waals surface area contributed by atoms with Crippen molar-refractivity contribution in [2.24, 2.45) is 0 Å². The van der Waals surface area contributed by atoms with Crippen molar-refractivity contribution in [3.63, 3.8) is 0 Å². The molecule has 2 heterocycles. The lowest BCUT2D eigenvalue weighted by Crippen LogP contribution is -2.22. The molecule has 4 aromatic rings. The summed E-state index contributed by atoms with van der Waals surface area (Å²) in [4.78, 5) is 21.9. The fourth-order valence-corrected chi connectivity index (χ4v) is 3.33. The van der Waals surface area contributed by atoms with Crippen LogP contribution < -0.4 is 10.9 Å². The molecular weight excluding hydrogens is 374 g/mol. The highest BCUT2D eigenvalue weighted by atomic mass is 35.5. The van der Waals surface area contributed by atoms with Crippen LogP contribution in [-0.2, 0) is 13.0 Å². The van der Waals surface area contributed by atoms with E-state index < -0.39 is 0 Å². The number of rotatable bonds is 5. The first-order valence-corrected chi connectivity index (χ1v) is 9.41. The van der Waals surface area contributed by atoms with Crippen LogP contribution >= 0.6 is 11.6 Å². The molecule has 0 fully saturated rings. The molecule has 2 aromatic carbocycles. The molecule has 2 aromatic heterocycles. The number of benzene rings is 2. The van der Waals surface area contributed by atoms with Crippen molar-refractivity contribution in [1.82, 2.24) is 19.6 Å². The number of nitrogens with one attached hydrogen (secondary N) is 2. The number of hydrogen-bond acceptors (Lipinski definition) is 4. The minimum absolute atomic E-state index is 0.121. The third kappa shape index (κ3) is 3.51. The Kier molecular flexibility index (Phi) is 4.88. The molecule has 0 aliphatic rings. The van der Waals surface area contributed by atoms with Gasteiger partial charge in [-0.05, 0) is 37.1 Å². The summed E-state index contributed by atoms with van der Waals surface area (Å²) in [6.45, 7) is 4.23. The van der Waals surface area contributed by atoms with E-state index in [4.69, 9.17) is 11.6 Å². The molecule has 0 saturated heterocycles. The average Bonchev–Trinajstić information content (AvgIpc) is 3.10. The molecule has 6 nitrogen and oxygen atoms in total. The zero-order chi connectivity index (χ0) is 19.7. The van der Waals surface area contributed by atoms with Gasteiger partial charge < -0.3 is 5.32 Å². The number of aromatic amines is 1. The monoisotopic (exact) mass is 393 g/mol. The van der Waals surface area contributed by atoms with Crippen LogP contribution in [0.25, 0.3) is 5.78 Å². The summed E-state index contributed by atoms with van der Waals surface area (Å²) >= 11 is 6.16. The number of halogens is 1. The zero-order valence-corrected chi connectivity index (χ0v) is 16.4. The second-order valence-corrected chi connectivity index (χ2v) is 7.12. The van der Waals surface area contributed by atoms with Crippen LogP contribution in [0.15, 0.2) is 53.3 Å². The van der Waals surface area contributed by atoms with Crippen molar-refractivity contribution in [2.45, 2.75) is 26.8 Å². The Labute approximate surface area is 167 Å². The molecule has 0 saturated carbocycles. The molecule has 0 unspecified atom stereocenters. The first-order chi connectivity index (χ1) is 13.5. The Hall–Kier alpha value is -3.12. The number of fused-ring (bicyclic) bond motifs is 1. The van der Waals surface area contributed by atoms with Crippen molar-refractivity contribution in [1.29, 1.82) is 0 Å². The first kappa shape index (κ1) is 18.3. The van der Waals surface area contributed by atoms with E-state index >= 15 is 0 Å². The van der Waals surface area contributed by atoms with Crippen LogP contribution in [0.3, 0.4) is 0 Å². The van der Waals surface area contributed by atoms with E-state index in [0.29, 0.717) is 40.8 Å². The molecule has 0 aliphatic heterocycles. The SMILES string of the molecule is Cc1nc2nc(CNc3cccc(Cl)c3C)[nH]n2c(=O)c1Cc1ccccc1. The molecule has 2 N–H and O–H groups in total. The minimum Gasteiger partial charge on any atom is -0.378 e. The number of aryl methyl sites for hydroxylation is 1. The molecule has 0 radical (unpaired) electrons. The summed E-state index contributed by atoms with van der Waals surface area (Å²) in [6, 6.07) is 15.6. The van der Waals surface area contributed by atoms with Crippen LogP contribution in [0.5, 0.6) is 0 Å². The Morgan fingerprint density at radius 3 is 2.64 bits per heavy atom. The molecule has 28 heavy (non-hydrogen) atoms. The van der Waals surface area contributed by atoms with Crippen LogP contribution in [0.1, 0.15) is 28.2 Å². The maximum absolute atomic E-state index is 13.0. The lowest BCUT2D eigenvalue weighted by molar-refractivity contribution is 0.832. The van der Waals surface area contributed by atoms with Gasteiger partial charge in [-0.3, -0.25) is 9.89 Å². The van der Waals surface area contributed by atoms with E-state index in [9.17, 15) is 4.79 Å². The van der Waals surface area contributed by atoms with Crippen molar-refractivity contribution in [2.75, 3.05) is 5.32 Å². The van der Waals surface area contributed by atoms with Gasteiger partial charge in [0, 0.05) is 22.7 Å². The lowest BCUT2D eigenvalue weighted by atomic mass is 10.1. The first-order valence-electron chi connectivity index (χ1n) is 9.03.